The van der Waals surface area contributed by atoms with Crippen molar-refractivity contribution < 1.29 is 40.9 Å². The summed E-state index contributed by atoms with van der Waals surface area (Å²) < 4.78 is 0. The second-order valence-corrected chi connectivity index (χ2v) is 12.8. The van der Waals surface area contributed by atoms with Crippen LogP contribution in [0.5, 0.6) is 0 Å². The van der Waals surface area contributed by atoms with Crippen molar-refractivity contribution in [3.05, 3.63) is 0 Å². The molecule has 2 aliphatic rings. The summed E-state index contributed by atoms with van der Waals surface area (Å²) in [5, 5.41) is 69.6. The van der Waals surface area contributed by atoms with Gasteiger partial charge >= 0.3 is 0 Å². The fourth-order valence-electron chi connectivity index (χ4n) is 4.60. The van der Waals surface area contributed by atoms with E-state index in [1.54, 1.807) is 0 Å². The van der Waals surface area contributed by atoms with Crippen LogP contribution < -0.4 is 0 Å². The molecule has 0 heterocycles. The fraction of sp³-hybridized carbons (Fsp3) is 1.00. The molecular formula is C38H84O8. The van der Waals surface area contributed by atoms with Gasteiger partial charge in [-0.2, -0.15) is 0 Å². The fourth-order valence-corrected chi connectivity index (χ4v) is 4.60. The lowest BCUT2D eigenvalue weighted by Gasteiger charge is -2.20. The van der Waals surface area contributed by atoms with E-state index in [4.69, 9.17) is 30.6 Å². The van der Waals surface area contributed by atoms with Crippen molar-refractivity contribution in [2.45, 2.75) is 226 Å². The van der Waals surface area contributed by atoms with E-state index in [2.05, 4.69) is 13.8 Å². The van der Waals surface area contributed by atoms with Crippen LogP contribution in [0.15, 0.2) is 0 Å². The number of hydrogen-bond acceptors (Lipinski definition) is 8. The number of unbranched alkanes of at least 4 members (excludes halogenated alkanes) is 10. The number of hydrogen-bond donors (Lipinski definition) is 8. The topological polar surface area (TPSA) is 162 Å². The quantitative estimate of drug-likeness (QED) is 0.0829. The van der Waals surface area contributed by atoms with Gasteiger partial charge in [0.15, 0.2) is 0 Å². The van der Waals surface area contributed by atoms with Crippen molar-refractivity contribution >= 4 is 0 Å². The molecule has 8 nitrogen and oxygen atoms in total. The zero-order valence-corrected chi connectivity index (χ0v) is 31.3. The molecule has 0 amide bonds. The van der Waals surface area contributed by atoms with E-state index in [-0.39, 0.29) is 30.5 Å². The molecule has 2 saturated carbocycles. The van der Waals surface area contributed by atoms with E-state index in [1.165, 1.54) is 64.2 Å². The molecule has 284 valence electrons. The Hall–Kier alpha value is -0.320. The second kappa shape index (κ2) is 46.8. The summed E-state index contributed by atoms with van der Waals surface area (Å²) in [5.74, 6) is 0. The molecule has 8 N–H and O–H groups in total. The average Bonchev–Trinajstić information content (AvgIpc) is 3.06. The maximum atomic E-state index is 9.22. The summed E-state index contributed by atoms with van der Waals surface area (Å²) in [6.45, 7) is 11.4. The smallest absolute Gasteiger partial charge is 0.0542 e. The van der Waals surface area contributed by atoms with Gasteiger partial charge in [-0.25, -0.2) is 0 Å². The number of aliphatic hydroxyl groups excluding tert-OH is 8. The molecule has 0 saturated heterocycles. The largest absolute Gasteiger partial charge is 0.396 e. The lowest BCUT2D eigenvalue weighted by atomic mass is 9.95. The monoisotopic (exact) mass is 669 g/mol. The van der Waals surface area contributed by atoms with Crippen LogP contribution in [0, 0.1) is 0 Å². The van der Waals surface area contributed by atoms with E-state index >= 15 is 0 Å². The Kier molecular flexibility index (Phi) is 53.4. The third-order valence-electron chi connectivity index (χ3n) is 8.01. The van der Waals surface area contributed by atoms with Gasteiger partial charge in [-0.05, 0) is 96.3 Å². The molecule has 2 rings (SSSR count). The highest BCUT2D eigenvalue weighted by Crippen LogP contribution is 2.18. The Morgan fingerprint density at radius 3 is 0.870 bits per heavy atom. The lowest BCUT2D eigenvalue weighted by molar-refractivity contribution is 0.0541. The number of aliphatic hydroxyl groups is 8. The van der Waals surface area contributed by atoms with E-state index in [1.807, 2.05) is 20.8 Å². The van der Waals surface area contributed by atoms with Crippen LogP contribution in [0.25, 0.3) is 0 Å². The highest BCUT2D eigenvalue weighted by molar-refractivity contribution is 4.69. The van der Waals surface area contributed by atoms with Crippen LogP contribution in [0.1, 0.15) is 195 Å². The Balaban J connectivity index is -0.000000235. The van der Waals surface area contributed by atoms with Gasteiger partial charge in [0.05, 0.1) is 30.5 Å². The zero-order chi connectivity index (χ0) is 35.7. The highest BCUT2D eigenvalue weighted by Gasteiger charge is 2.16. The van der Waals surface area contributed by atoms with Crippen molar-refractivity contribution in [3.63, 3.8) is 0 Å². The van der Waals surface area contributed by atoms with Gasteiger partial charge in [0.2, 0.25) is 0 Å². The molecule has 2 aliphatic carbocycles. The first-order chi connectivity index (χ1) is 22.1. The molecule has 0 spiro atoms. The zero-order valence-electron chi connectivity index (χ0n) is 31.3. The van der Waals surface area contributed by atoms with Gasteiger partial charge in [0, 0.05) is 19.8 Å². The summed E-state index contributed by atoms with van der Waals surface area (Å²) in [4.78, 5) is 0. The van der Waals surface area contributed by atoms with Gasteiger partial charge in [-0.3, -0.25) is 0 Å². The predicted octanol–water partition coefficient (Wildman–Crippen LogP) is 7.58. The molecule has 0 aromatic carbocycles. The number of rotatable bonds is 15. The Bertz CT molecular complexity index is 439. The van der Waals surface area contributed by atoms with Gasteiger partial charge in [-0.1, -0.05) is 98.8 Å². The van der Waals surface area contributed by atoms with Gasteiger partial charge in [0.1, 0.15) is 0 Å². The minimum atomic E-state index is -0.140. The van der Waals surface area contributed by atoms with Crippen molar-refractivity contribution in [1.82, 2.24) is 0 Å². The molecule has 0 aromatic rings. The van der Waals surface area contributed by atoms with Crippen molar-refractivity contribution in [2.75, 3.05) is 19.8 Å². The summed E-state index contributed by atoms with van der Waals surface area (Å²) in [6, 6.07) is 0. The summed E-state index contributed by atoms with van der Waals surface area (Å²) >= 11 is 0. The van der Waals surface area contributed by atoms with Crippen LogP contribution in [-0.4, -0.2) is 91.2 Å². The molecular weight excluding hydrogens is 584 g/mol. The minimum absolute atomic E-state index is 0.0648. The van der Waals surface area contributed by atoms with Gasteiger partial charge in [0.25, 0.3) is 0 Å². The van der Waals surface area contributed by atoms with Crippen molar-refractivity contribution in [2.24, 2.45) is 0 Å². The predicted molar refractivity (Wildman–Crippen MR) is 195 cm³/mol. The molecule has 0 atom stereocenters. The molecule has 46 heavy (non-hydrogen) atoms. The molecule has 0 aromatic heterocycles. The van der Waals surface area contributed by atoms with Crippen molar-refractivity contribution in [1.29, 1.82) is 0 Å². The summed E-state index contributed by atoms with van der Waals surface area (Å²) in [7, 11) is 0. The maximum absolute atomic E-state index is 9.22. The molecule has 0 aliphatic heterocycles. The lowest BCUT2D eigenvalue weighted by Crippen LogP contribution is -2.21. The van der Waals surface area contributed by atoms with E-state index in [0.717, 1.165) is 96.3 Å². The van der Waals surface area contributed by atoms with Gasteiger partial charge < -0.3 is 40.9 Å². The molecule has 0 radical (unpaired) electrons. The molecule has 8 heteroatoms. The third kappa shape index (κ3) is 53.2. The van der Waals surface area contributed by atoms with Crippen molar-refractivity contribution in [3.8, 4) is 0 Å². The van der Waals surface area contributed by atoms with E-state index in [0.29, 0.717) is 19.8 Å². The van der Waals surface area contributed by atoms with E-state index < -0.39 is 0 Å². The van der Waals surface area contributed by atoms with E-state index in [9.17, 15) is 10.2 Å². The van der Waals surface area contributed by atoms with Crippen LogP contribution in [0.3, 0.4) is 0 Å². The SMILES string of the molecule is CCC(O)CC.CCCCCCCCCO.CCCCCCCO.CCCO.OC1CCC(O)CC1.OC1CCCC(O)CCC1. The minimum Gasteiger partial charge on any atom is -0.396 e. The standard InChI is InChI=1S/C9H20O.C8H16O2.C7H16O.C6H12O2.C5H12O.C3H8O/c1-2-3-4-5-6-7-8-9-10;9-7-3-1-4-8(10)6-2-5-7;1-2-3-4-5-6-7-8;7-5-1-2-6(8)4-3-5;1-3-5(6)4-2;1-2-3-4/h10H,2-9H2,1H3;7-10H,1-6H2;8H,2-7H2,1H3;5-8H,1-4H2;5-6H,3-4H2,1-2H3;4H,2-3H2,1H3. The molecule has 0 bridgehead atoms. The maximum Gasteiger partial charge on any atom is 0.0542 e. The first kappa shape index (κ1) is 52.5. The summed E-state index contributed by atoms with van der Waals surface area (Å²) in [6.07, 6.45) is 25.7. The first-order valence-electron chi connectivity index (χ1n) is 19.4. The third-order valence-corrected chi connectivity index (χ3v) is 8.01. The molecule has 2 fully saturated rings. The Morgan fingerprint density at radius 1 is 0.391 bits per heavy atom. The highest BCUT2D eigenvalue weighted by atomic mass is 16.3. The first-order valence-corrected chi connectivity index (χ1v) is 19.4. The Morgan fingerprint density at radius 2 is 0.652 bits per heavy atom. The van der Waals surface area contributed by atoms with Crippen LogP contribution in [-0.2, 0) is 0 Å². The van der Waals surface area contributed by atoms with Gasteiger partial charge in [-0.15, -0.1) is 0 Å². The molecule has 0 unspecified atom stereocenters. The second-order valence-electron chi connectivity index (χ2n) is 12.8. The van der Waals surface area contributed by atoms with Crippen LogP contribution in [0.2, 0.25) is 0 Å². The normalized spacial score (nSPS) is 20.7. The van der Waals surface area contributed by atoms with Crippen LogP contribution >= 0.6 is 0 Å². The Labute approximate surface area is 286 Å². The summed E-state index contributed by atoms with van der Waals surface area (Å²) in [5.41, 5.74) is 0. The van der Waals surface area contributed by atoms with Crippen LogP contribution in [0.4, 0.5) is 0 Å². The average molecular weight is 669 g/mol.